The summed E-state index contributed by atoms with van der Waals surface area (Å²) < 4.78 is 13.1. The van der Waals surface area contributed by atoms with Crippen LogP contribution in [0.4, 0.5) is 0 Å². The molecule has 0 saturated carbocycles. The van der Waals surface area contributed by atoms with Gasteiger partial charge in [0, 0.05) is 52.4 Å². The molecule has 5 rings (SSSR count). The summed E-state index contributed by atoms with van der Waals surface area (Å²) in [6.07, 6.45) is 3.17. The second-order valence-corrected chi connectivity index (χ2v) is 8.75. The lowest BCUT2D eigenvalue weighted by Gasteiger charge is -2.34. The molecule has 3 atom stereocenters. The molecule has 3 aromatic rings. The van der Waals surface area contributed by atoms with Crippen LogP contribution in [0.2, 0.25) is 0 Å². The SMILES string of the molecule is COc1cc2c(cc1-c1ccc(C)nc1)CC(C(C)C)n1cc(C3OC3O)c(=O)cc1-2. The van der Waals surface area contributed by atoms with E-state index in [0.717, 1.165) is 40.2 Å². The molecule has 2 aromatic heterocycles. The molecule has 4 heterocycles. The van der Waals surface area contributed by atoms with Crippen LogP contribution in [0.25, 0.3) is 22.4 Å². The number of aliphatic hydroxyl groups is 1. The molecule has 3 unspecified atom stereocenters. The first kappa shape index (κ1) is 20.0. The van der Waals surface area contributed by atoms with Crippen LogP contribution < -0.4 is 10.2 Å². The fourth-order valence-corrected chi connectivity index (χ4v) is 4.54. The van der Waals surface area contributed by atoms with Gasteiger partial charge in [0.1, 0.15) is 11.9 Å². The number of rotatable bonds is 4. The summed E-state index contributed by atoms with van der Waals surface area (Å²) in [6, 6.07) is 10.1. The van der Waals surface area contributed by atoms with Gasteiger partial charge in [-0.25, -0.2) is 0 Å². The van der Waals surface area contributed by atoms with Gasteiger partial charge in [0.05, 0.1) is 12.8 Å². The average Bonchev–Trinajstić information content (AvgIpc) is 3.48. The van der Waals surface area contributed by atoms with Gasteiger partial charge in [-0.15, -0.1) is 0 Å². The number of fused-ring (bicyclic) bond motifs is 3. The van der Waals surface area contributed by atoms with Crippen LogP contribution in [-0.4, -0.2) is 28.1 Å². The standard InChI is InChI=1S/C25H26N2O4/c1-13(2)20-8-16-7-18(15-6-5-14(3)26-11-15)23(30-4)9-17(16)21-10-22(28)19(12-27(20)21)24-25(29)31-24/h5-7,9-13,20,24-25,29H,8H2,1-4H3. The van der Waals surface area contributed by atoms with Gasteiger partial charge >= 0.3 is 0 Å². The van der Waals surface area contributed by atoms with E-state index in [1.807, 2.05) is 31.5 Å². The molecule has 2 aliphatic heterocycles. The fraction of sp³-hybridized carbons (Fsp3) is 0.360. The van der Waals surface area contributed by atoms with Crippen LogP contribution in [0.1, 0.15) is 42.8 Å². The zero-order valence-corrected chi connectivity index (χ0v) is 18.1. The highest BCUT2D eigenvalue weighted by Crippen LogP contribution is 2.44. The van der Waals surface area contributed by atoms with Gasteiger partial charge < -0.3 is 19.1 Å². The summed E-state index contributed by atoms with van der Waals surface area (Å²) in [5.41, 5.74) is 6.42. The molecule has 0 amide bonds. The minimum Gasteiger partial charge on any atom is -0.496 e. The highest BCUT2D eigenvalue weighted by atomic mass is 16.7. The number of hydrogen-bond acceptors (Lipinski definition) is 5. The first-order valence-electron chi connectivity index (χ1n) is 10.6. The number of aromatic nitrogens is 2. The Balaban J connectivity index is 1.70. The minimum atomic E-state index is -0.884. The molecule has 1 N–H and O–H groups in total. The third kappa shape index (κ3) is 3.36. The van der Waals surface area contributed by atoms with Crippen molar-refractivity contribution in [2.75, 3.05) is 7.11 Å². The van der Waals surface area contributed by atoms with E-state index in [4.69, 9.17) is 9.47 Å². The molecule has 1 fully saturated rings. The van der Waals surface area contributed by atoms with E-state index in [0.29, 0.717) is 11.5 Å². The predicted molar refractivity (Wildman–Crippen MR) is 118 cm³/mol. The third-order valence-corrected chi connectivity index (χ3v) is 6.36. The number of benzene rings is 1. The van der Waals surface area contributed by atoms with E-state index in [1.54, 1.807) is 13.2 Å². The molecule has 0 spiro atoms. The number of aliphatic hydroxyl groups excluding tert-OH is 1. The maximum atomic E-state index is 12.8. The lowest BCUT2D eigenvalue weighted by atomic mass is 9.85. The molecule has 0 aliphatic carbocycles. The predicted octanol–water partition coefficient (Wildman–Crippen LogP) is 4.04. The van der Waals surface area contributed by atoms with Gasteiger partial charge in [0.25, 0.3) is 0 Å². The maximum absolute atomic E-state index is 12.8. The summed E-state index contributed by atoms with van der Waals surface area (Å²) in [7, 11) is 1.66. The molecule has 6 nitrogen and oxygen atoms in total. The van der Waals surface area contributed by atoms with Crippen molar-refractivity contribution >= 4 is 0 Å². The number of pyridine rings is 2. The summed E-state index contributed by atoms with van der Waals surface area (Å²) in [4.78, 5) is 17.3. The molecule has 1 aromatic carbocycles. The molecule has 2 aliphatic rings. The number of epoxide rings is 1. The maximum Gasteiger partial charge on any atom is 0.188 e. The van der Waals surface area contributed by atoms with Crippen LogP contribution in [-0.2, 0) is 11.2 Å². The Morgan fingerprint density at radius 3 is 2.61 bits per heavy atom. The van der Waals surface area contributed by atoms with Gasteiger partial charge in [0.15, 0.2) is 11.7 Å². The fourth-order valence-electron chi connectivity index (χ4n) is 4.54. The quantitative estimate of drug-likeness (QED) is 0.647. The Morgan fingerprint density at radius 2 is 2.00 bits per heavy atom. The van der Waals surface area contributed by atoms with Gasteiger partial charge in [0.2, 0.25) is 0 Å². The highest BCUT2D eigenvalue weighted by Gasteiger charge is 2.41. The van der Waals surface area contributed by atoms with Crippen molar-refractivity contribution < 1.29 is 14.6 Å². The van der Waals surface area contributed by atoms with Crippen molar-refractivity contribution in [1.82, 2.24) is 9.55 Å². The number of methoxy groups -OCH3 is 1. The Labute approximate surface area is 181 Å². The number of hydrogen-bond donors (Lipinski definition) is 1. The van der Waals surface area contributed by atoms with E-state index >= 15 is 0 Å². The normalized spacial score (nSPS) is 21.5. The molecule has 160 valence electrons. The van der Waals surface area contributed by atoms with E-state index in [-0.39, 0.29) is 11.5 Å². The first-order chi connectivity index (χ1) is 14.9. The Bertz CT molecular complexity index is 1210. The highest BCUT2D eigenvalue weighted by molar-refractivity contribution is 5.78. The van der Waals surface area contributed by atoms with Crippen LogP contribution in [0.15, 0.2) is 47.5 Å². The summed E-state index contributed by atoms with van der Waals surface area (Å²) >= 11 is 0. The molecule has 31 heavy (non-hydrogen) atoms. The van der Waals surface area contributed by atoms with Crippen LogP contribution in [0.3, 0.4) is 0 Å². The van der Waals surface area contributed by atoms with Crippen molar-refractivity contribution in [1.29, 1.82) is 0 Å². The Morgan fingerprint density at radius 1 is 1.23 bits per heavy atom. The summed E-state index contributed by atoms with van der Waals surface area (Å²) in [5, 5.41) is 9.67. The average molecular weight is 418 g/mol. The van der Waals surface area contributed by atoms with Crippen molar-refractivity contribution in [3.63, 3.8) is 0 Å². The molecule has 0 radical (unpaired) electrons. The largest absolute Gasteiger partial charge is 0.496 e. The zero-order valence-electron chi connectivity index (χ0n) is 18.1. The molecular formula is C25H26N2O4. The van der Waals surface area contributed by atoms with Gasteiger partial charge in [-0.1, -0.05) is 19.9 Å². The topological polar surface area (TPSA) is 76.9 Å². The minimum absolute atomic E-state index is 0.117. The van der Waals surface area contributed by atoms with Crippen LogP contribution >= 0.6 is 0 Å². The lowest BCUT2D eigenvalue weighted by Crippen LogP contribution is -2.27. The van der Waals surface area contributed by atoms with Crippen LogP contribution in [0.5, 0.6) is 5.75 Å². The van der Waals surface area contributed by atoms with E-state index in [1.165, 1.54) is 5.56 Å². The molecule has 0 bridgehead atoms. The Kier molecular flexibility index (Phi) is 4.72. The van der Waals surface area contributed by atoms with Gasteiger partial charge in [-0.05, 0) is 43.0 Å². The van der Waals surface area contributed by atoms with Crippen molar-refractivity contribution in [3.8, 4) is 28.1 Å². The van der Waals surface area contributed by atoms with E-state index < -0.39 is 12.4 Å². The Hall–Kier alpha value is -2.96. The number of nitrogens with zero attached hydrogens (tertiary/aromatic N) is 2. The van der Waals surface area contributed by atoms with E-state index in [9.17, 15) is 9.90 Å². The molecule has 6 heteroatoms. The van der Waals surface area contributed by atoms with Crippen molar-refractivity contribution in [3.05, 3.63) is 69.8 Å². The second kappa shape index (κ2) is 7.32. The second-order valence-electron chi connectivity index (χ2n) is 8.75. The summed E-state index contributed by atoms with van der Waals surface area (Å²) in [5.74, 6) is 1.11. The smallest absolute Gasteiger partial charge is 0.188 e. The van der Waals surface area contributed by atoms with Crippen LogP contribution in [0, 0.1) is 12.8 Å². The monoisotopic (exact) mass is 418 g/mol. The first-order valence-corrected chi connectivity index (χ1v) is 10.6. The van der Waals surface area contributed by atoms with Gasteiger partial charge in [-0.2, -0.15) is 0 Å². The van der Waals surface area contributed by atoms with Gasteiger partial charge in [-0.3, -0.25) is 9.78 Å². The number of ether oxygens (including phenoxy) is 2. The zero-order chi connectivity index (χ0) is 21.9. The van der Waals surface area contributed by atoms with Crippen molar-refractivity contribution in [2.45, 2.75) is 45.6 Å². The van der Waals surface area contributed by atoms with E-state index in [2.05, 4.69) is 35.5 Å². The third-order valence-electron chi connectivity index (χ3n) is 6.36. The van der Waals surface area contributed by atoms with Crippen molar-refractivity contribution in [2.24, 2.45) is 5.92 Å². The lowest BCUT2D eigenvalue weighted by molar-refractivity contribution is 0.156. The molecule has 1 saturated heterocycles. The number of aryl methyl sites for hydroxylation is 1. The molecular weight excluding hydrogens is 392 g/mol. The summed E-state index contributed by atoms with van der Waals surface area (Å²) in [6.45, 7) is 6.34.